The fourth-order valence-corrected chi connectivity index (χ4v) is 1.02. The van der Waals surface area contributed by atoms with E-state index in [-0.39, 0.29) is 5.69 Å². The Morgan fingerprint density at radius 1 is 1.27 bits per heavy atom. The molecule has 5 heteroatoms. The highest BCUT2D eigenvalue weighted by Gasteiger charge is 2.01. The first-order chi connectivity index (χ1) is 5.24. The monoisotopic (exact) mass is 171 g/mol. The molecule has 0 heterocycles. The molecule has 0 bridgehead atoms. The molecule has 1 unspecified atom stereocenters. The SMILES string of the molecule is O=[PH2]c1ccc([N+](=O)[O-])cc1. The largest absolute Gasteiger partial charge is 0.325 e. The first-order valence-corrected chi connectivity index (χ1v) is 3.98. The molecule has 4 nitrogen and oxygen atoms in total. The predicted octanol–water partition coefficient (Wildman–Crippen LogP) is 0.976. The van der Waals surface area contributed by atoms with Gasteiger partial charge in [-0.25, -0.2) is 0 Å². The number of nitro groups is 1. The predicted molar refractivity (Wildman–Crippen MR) is 43.1 cm³/mol. The normalized spacial score (nSPS) is 10.5. The minimum absolute atomic E-state index is 0.0293. The van der Waals surface area contributed by atoms with Crippen molar-refractivity contribution in [1.29, 1.82) is 0 Å². The molecular formula is C6H6NO3P. The van der Waals surface area contributed by atoms with Crippen molar-refractivity contribution in [1.82, 2.24) is 0 Å². The molecular weight excluding hydrogens is 165 g/mol. The number of nitro benzene ring substituents is 1. The van der Waals surface area contributed by atoms with E-state index in [0.29, 0.717) is 5.30 Å². The molecule has 11 heavy (non-hydrogen) atoms. The van der Waals surface area contributed by atoms with Gasteiger partial charge < -0.3 is 4.57 Å². The smallest absolute Gasteiger partial charge is 0.269 e. The molecule has 0 aliphatic carbocycles. The molecule has 0 spiro atoms. The standard InChI is InChI=1S/C6H6NO3P/c8-7(9)5-1-3-6(11-10)4-2-5/h1-4H,11H2. The van der Waals surface area contributed by atoms with Gasteiger partial charge in [-0.3, -0.25) is 10.1 Å². The molecule has 0 saturated carbocycles. The van der Waals surface area contributed by atoms with Crippen LogP contribution in [0.15, 0.2) is 24.3 Å². The van der Waals surface area contributed by atoms with Crippen LogP contribution in [0.1, 0.15) is 0 Å². The van der Waals surface area contributed by atoms with Gasteiger partial charge in [-0.15, -0.1) is 0 Å². The Hall–Kier alpha value is -1.15. The zero-order valence-electron chi connectivity index (χ0n) is 5.56. The van der Waals surface area contributed by atoms with Crippen LogP contribution in [0, 0.1) is 10.1 Å². The van der Waals surface area contributed by atoms with Crippen LogP contribution in [-0.4, -0.2) is 4.92 Å². The maximum atomic E-state index is 10.3. The van der Waals surface area contributed by atoms with Crippen LogP contribution in [0.3, 0.4) is 0 Å². The lowest BCUT2D eigenvalue weighted by Crippen LogP contribution is -1.92. The van der Waals surface area contributed by atoms with E-state index in [9.17, 15) is 14.7 Å². The summed E-state index contributed by atoms with van der Waals surface area (Å²) >= 11 is 0. The van der Waals surface area contributed by atoms with Crippen LogP contribution in [-0.2, 0) is 4.57 Å². The Balaban J connectivity index is 3.00. The number of rotatable bonds is 2. The Bertz CT molecular complexity index is 282. The van der Waals surface area contributed by atoms with E-state index in [1.165, 1.54) is 24.3 Å². The lowest BCUT2D eigenvalue weighted by atomic mass is 10.3. The van der Waals surface area contributed by atoms with Crippen molar-refractivity contribution in [2.75, 3.05) is 0 Å². The topological polar surface area (TPSA) is 60.2 Å². The van der Waals surface area contributed by atoms with Gasteiger partial charge in [0.1, 0.15) is 0 Å². The summed E-state index contributed by atoms with van der Waals surface area (Å²) in [7, 11) is -0.987. The van der Waals surface area contributed by atoms with E-state index in [4.69, 9.17) is 0 Å². The zero-order chi connectivity index (χ0) is 8.27. The summed E-state index contributed by atoms with van der Waals surface area (Å²) < 4.78 is 10.3. The first-order valence-electron chi connectivity index (χ1n) is 2.93. The maximum Gasteiger partial charge on any atom is 0.269 e. The molecule has 1 atom stereocenters. The maximum absolute atomic E-state index is 10.3. The molecule has 0 N–H and O–H groups in total. The van der Waals surface area contributed by atoms with Crippen molar-refractivity contribution in [3.05, 3.63) is 34.4 Å². The molecule has 0 fully saturated rings. The molecule has 0 amide bonds. The van der Waals surface area contributed by atoms with Gasteiger partial charge in [-0.1, -0.05) is 0 Å². The van der Waals surface area contributed by atoms with E-state index in [0.717, 1.165) is 0 Å². The molecule has 0 saturated heterocycles. The van der Waals surface area contributed by atoms with Gasteiger partial charge in [-0.2, -0.15) is 0 Å². The molecule has 0 aromatic heterocycles. The number of nitrogens with zero attached hydrogens (tertiary/aromatic N) is 1. The quantitative estimate of drug-likeness (QED) is 0.378. The molecule has 58 valence electrons. The number of hydrogen-bond acceptors (Lipinski definition) is 3. The summed E-state index contributed by atoms with van der Waals surface area (Å²) in [6.45, 7) is 0. The van der Waals surface area contributed by atoms with Gasteiger partial charge in [-0.05, 0) is 12.1 Å². The Morgan fingerprint density at radius 2 is 1.82 bits per heavy atom. The number of non-ortho nitro benzene ring substituents is 1. The van der Waals surface area contributed by atoms with Gasteiger partial charge in [0.2, 0.25) is 0 Å². The van der Waals surface area contributed by atoms with Crippen LogP contribution in [0.5, 0.6) is 0 Å². The van der Waals surface area contributed by atoms with Crippen LogP contribution in [0.2, 0.25) is 0 Å². The third-order valence-corrected chi connectivity index (χ3v) is 1.90. The van der Waals surface area contributed by atoms with E-state index in [2.05, 4.69) is 0 Å². The Kier molecular flexibility index (Phi) is 2.39. The summed E-state index contributed by atoms with van der Waals surface area (Å²) in [4.78, 5) is 9.65. The molecule has 0 radical (unpaired) electrons. The highest BCUT2D eigenvalue weighted by Crippen LogP contribution is 2.08. The summed E-state index contributed by atoms with van der Waals surface area (Å²) in [5.41, 5.74) is 0.0293. The molecule has 1 aromatic rings. The first kappa shape index (κ1) is 7.95. The third kappa shape index (κ3) is 1.88. The van der Waals surface area contributed by atoms with Crippen molar-refractivity contribution in [3.63, 3.8) is 0 Å². The second kappa shape index (κ2) is 3.30. The Labute approximate surface area is 64.2 Å². The van der Waals surface area contributed by atoms with Crippen molar-refractivity contribution in [2.45, 2.75) is 0 Å². The van der Waals surface area contributed by atoms with E-state index >= 15 is 0 Å². The van der Waals surface area contributed by atoms with Gasteiger partial charge in [0.15, 0.2) is 0 Å². The van der Waals surface area contributed by atoms with Gasteiger partial charge in [0.05, 0.1) is 13.4 Å². The lowest BCUT2D eigenvalue weighted by molar-refractivity contribution is -0.384. The van der Waals surface area contributed by atoms with Crippen LogP contribution >= 0.6 is 8.46 Å². The van der Waals surface area contributed by atoms with Crippen LogP contribution in [0.4, 0.5) is 5.69 Å². The van der Waals surface area contributed by atoms with Crippen molar-refractivity contribution in [3.8, 4) is 0 Å². The van der Waals surface area contributed by atoms with E-state index < -0.39 is 13.4 Å². The fourth-order valence-electron chi connectivity index (χ4n) is 0.675. The second-order valence-corrected chi connectivity index (χ2v) is 2.87. The van der Waals surface area contributed by atoms with Gasteiger partial charge in [0.25, 0.3) is 5.69 Å². The van der Waals surface area contributed by atoms with Crippen molar-refractivity contribution < 1.29 is 9.49 Å². The average molecular weight is 171 g/mol. The third-order valence-electron chi connectivity index (χ3n) is 1.24. The van der Waals surface area contributed by atoms with Gasteiger partial charge >= 0.3 is 0 Å². The number of hydrogen-bond donors (Lipinski definition) is 0. The highest BCUT2D eigenvalue weighted by molar-refractivity contribution is 7.34. The summed E-state index contributed by atoms with van der Waals surface area (Å²) in [5.74, 6) is 0. The second-order valence-electron chi connectivity index (χ2n) is 1.97. The van der Waals surface area contributed by atoms with E-state index in [1.54, 1.807) is 0 Å². The fraction of sp³-hybridized carbons (Fsp3) is 0. The molecule has 0 aliphatic heterocycles. The molecule has 1 rings (SSSR count). The van der Waals surface area contributed by atoms with Crippen LogP contribution in [0.25, 0.3) is 0 Å². The summed E-state index contributed by atoms with van der Waals surface area (Å²) in [6, 6.07) is 5.70. The zero-order valence-corrected chi connectivity index (χ0v) is 6.71. The minimum Gasteiger partial charge on any atom is -0.325 e. The lowest BCUT2D eigenvalue weighted by Gasteiger charge is -1.89. The average Bonchev–Trinajstić information content (AvgIpc) is 2.05. The Morgan fingerprint density at radius 3 is 2.18 bits per heavy atom. The van der Waals surface area contributed by atoms with Crippen molar-refractivity contribution >= 4 is 19.5 Å². The van der Waals surface area contributed by atoms with E-state index in [1.807, 2.05) is 0 Å². The summed E-state index contributed by atoms with van der Waals surface area (Å²) in [5, 5.41) is 10.8. The minimum atomic E-state index is -0.987. The van der Waals surface area contributed by atoms with Gasteiger partial charge in [0, 0.05) is 17.4 Å². The number of benzene rings is 1. The molecule has 0 aliphatic rings. The van der Waals surface area contributed by atoms with Crippen molar-refractivity contribution in [2.24, 2.45) is 0 Å². The van der Waals surface area contributed by atoms with Crippen LogP contribution < -0.4 is 5.30 Å². The highest BCUT2D eigenvalue weighted by atomic mass is 31.1. The summed E-state index contributed by atoms with van der Waals surface area (Å²) in [6.07, 6.45) is 0. The molecule has 1 aromatic carbocycles.